The normalized spacial score (nSPS) is 33.2. The average Bonchev–Trinajstić information content (AvgIpc) is 2.84. The summed E-state index contributed by atoms with van der Waals surface area (Å²) < 4.78 is 11.3. The number of aliphatic hydroxyl groups is 2. The lowest BCUT2D eigenvalue weighted by Crippen LogP contribution is -2.59. The Bertz CT molecular complexity index is 253. The van der Waals surface area contributed by atoms with Gasteiger partial charge in [-0.05, 0) is 19.3 Å². The van der Waals surface area contributed by atoms with Crippen LogP contribution in [0, 0.1) is 0 Å². The van der Waals surface area contributed by atoms with Crippen LogP contribution in [0.25, 0.3) is 0 Å². The van der Waals surface area contributed by atoms with Crippen molar-refractivity contribution in [1.29, 1.82) is 0 Å². The molecule has 2 atom stereocenters. The largest absolute Gasteiger partial charge is 0.394 e. The third kappa shape index (κ3) is 2.86. The van der Waals surface area contributed by atoms with Crippen molar-refractivity contribution in [3.05, 3.63) is 0 Å². The molecule has 0 aromatic carbocycles. The molecule has 0 aromatic heterocycles. The Labute approximate surface area is 108 Å². The first kappa shape index (κ1) is 14.2. The number of rotatable bonds is 5. The maximum absolute atomic E-state index is 9.49. The zero-order valence-electron chi connectivity index (χ0n) is 11.2. The zero-order valence-corrected chi connectivity index (χ0v) is 11.2. The number of aliphatic hydroxyl groups excluding tert-OH is 2. The predicted molar refractivity (Wildman–Crippen MR) is 67.5 cm³/mol. The van der Waals surface area contributed by atoms with Crippen molar-refractivity contribution in [2.45, 2.75) is 49.8 Å². The first-order chi connectivity index (χ1) is 8.67. The molecule has 2 fully saturated rings. The van der Waals surface area contributed by atoms with Crippen LogP contribution in [0.4, 0.5) is 0 Å². The lowest BCUT2D eigenvalue weighted by Gasteiger charge is -2.42. The van der Waals surface area contributed by atoms with Crippen LogP contribution in [-0.2, 0) is 9.47 Å². The van der Waals surface area contributed by atoms with E-state index in [1.807, 2.05) is 6.92 Å². The van der Waals surface area contributed by atoms with Gasteiger partial charge in [0.2, 0.25) is 0 Å². The summed E-state index contributed by atoms with van der Waals surface area (Å²) in [6, 6.07) is 0.277. The molecule has 0 aromatic rings. The standard InChI is InChI=1S/C13H25NO4/c1-2-12(8-15,9-16)14-11-3-5-18-13(7-11)4-6-17-10-13/h11,14-16H,2-10H2,1H3. The second-order valence-corrected chi connectivity index (χ2v) is 5.62. The van der Waals surface area contributed by atoms with Crippen molar-refractivity contribution in [2.75, 3.05) is 33.0 Å². The summed E-state index contributed by atoms with van der Waals surface area (Å²) in [7, 11) is 0. The van der Waals surface area contributed by atoms with E-state index >= 15 is 0 Å². The molecule has 2 saturated heterocycles. The third-order valence-electron chi connectivity index (χ3n) is 4.35. The maximum Gasteiger partial charge on any atom is 0.0951 e. The fourth-order valence-corrected chi connectivity index (χ4v) is 2.91. The summed E-state index contributed by atoms with van der Waals surface area (Å²) >= 11 is 0. The van der Waals surface area contributed by atoms with Crippen LogP contribution in [0.5, 0.6) is 0 Å². The molecule has 18 heavy (non-hydrogen) atoms. The van der Waals surface area contributed by atoms with Crippen LogP contribution < -0.4 is 5.32 Å². The molecule has 5 nitrogen and oxygen atoms in total. The molecule has 0 amide bonds. The summed E-state index contributed by atoms with van der Waals surface area (Å²) in [6.07, 6.45) is 3.47. The molecule has 2 rings (SSSR count). The van der Waals surface area contributed by atoms with E-state index in [1.54, 1.807) is 0 Å². The van der Waals surface area contributed by atoms with E-state index in [-0.39, 0.29) is 24.9 Å². The van der Waals surface area contributed by atoms with Crippen molar-refractivity contribution in [3.63, 3.8) is 0 Å². The summed E-state index contributed by atoms with van der Waals surface area (Å²) in [5.74, 6) is 0. The molecule has 106 valence electrons. The molecular formula is C13H25NO4. The summed E-state index contributed by atoms with van der Waals surface area (Å²) in [6.45, 7) is 4.06. The molecule has 0 saturated carbocycles. The van der Waals surface area contributed by atoms with E-state index in [0.717, 1.165) is 32.5 Å². The van der Waals surface area contributed by atoms with Crippen LogP contribution in [0.2, 0.25) is 0 Å². The van der Waals surface area contributed by atoms with Crippen molar-refractivity contribution in [2.24, 2.45) is 0 Å². The lowest BCUT2D eigenvalue weighted by atomic mass is 9.87. The van der Waals surface area contributed by atoms with E-state index < -0.39 is 5.54 Å². The van der Waals surface area contributed by atoms with E-state index in [4.69, 9.17) is 9.47 Å². The Hall–Kier alpha value is -0.200. The van der Waals surface area contributed by atoms with Crippen LogP contribution >= 0.6 is 0 Å². The van der Waals surface area contributed by atoms with Crippen molar-refractivity contribution >= 4 is 0 Å². The van der Waals surface area contributed by atoms with Crippen molar-refractivity contribution in [1.82, 2.24) is 5.32 Å². The molecule has 0 radical (unpaired) electrons. The van der Waals surface area contributed by atoms with Crippen LogP contribution in [0.15, 0.2) is 0 Å². The average molecular weight is 259 g/mol. The summed E-state index contributed by atoms with van der Waals surface area (Å²) in [5.41, 5.74) is -0.705. The number of hydrogen-bond donors (Lipinski definition) is 3. The van der Waals surface area contributed by atoms with Gasteiger partial charge in [0.05, 0.1) is 31.0 Å². The molecule has 0 aliphatic carbocycles. The molecule has 2 heterocycles. The van der Waals surface area contributed by atoms with Gasteiger partial charge in [0.15, 0.2) is 0 Å². The molecule has 0 bridgehead atoms. The highest BCUT2D eigenvalue weighted by Gasteiger charge is 2.42. The van der Waals surface area contributed by atoms with Gasteiger partial charge < -0.3 is 25.0 Å². The smallest absolute Gasteiger partial charge is 0.0951 e. The predicted octanol–water partition coefficient (Wildman–Crippen LogP) is 0.0475. The minimum atomic E-state index is -0.567. The Balaban J connectivity index is 1.96. The minimum Gasteiger partial charge on any atom is -0.394 e. The van der Waals surface area contributed by atoms with Crippen LogP contribution in [-0.4, -0.2) is 60.4 Å². The fourth-order valence-electron chi connectivity index (χ4n) is 2.91. The first-order valence-corrected chi connectivity index (χ1v) is 6.89. The second kappa shape index (κ2) is 5.84. The van der Waals surface area contributed by atoms with Crippen molar-refractivity contribution < 1.29 is 19.7 Å². The molecular weight excluding hydrogens is 234 g/mol. The minimum absolute atomic E-state index is 0.0408. The molecule has 2 aliphatic rings. The number of hydrogen-bond acceptors (Lipinski definition) is 5. The summed E-state index contributed by atoms with van der Waals surface area (Å²) in [4.78, 5) is 0. The quantitative estimate of drug-likeness (QED) is 0.650. The van der Waals surface area contributed by atoms with E-state index in [1.165, 1.54) is 0 Å². The van der Waals surface area contributed by atoms with Gasteiger partial charge in [-0.1, -0.05) is 6.92 Å². The van der Waals surface area contributed by atoms with Gasteiger partial charge >= 0.3 is 0 Å². The zero-order chi connectivity index (χ0) is 13.1. The molecule has 5 heteroatoms. The Morgan fingerprint density at radius 3 is 2.67 bits per heavy atom. The summed E-state index contributed by atoms with van der Waals surface area (Å²) in [5, 5.41) is 22.4. The fraction of sp³-hybridized carbons (Fsp3) is 1.00. The second-order valence-electron chi connectivity index (χ2n) is 5.62. The maximum atomic E-state index is 9.49. The van der Waals surface area contributed by atoms with Crippen LogP contribution in [0.1, 0.15) is 32.6 Å². The lowest BCUT2D eigenvalue weighted by molar-refractivity contribution is -0.0950. The first-order valence-electron chi connectivity index (χ1n) is 6.89. The molecule has 1 spiro atoms. The van der Waals surface area contributed by atoms with E-state index in [9.17, 15) is 10.2 Å². The van der Waals surface area contributed by atoms with Gasteiger partial charge in [-0.25, -0.2) is 0 Å². The molecule has 2 aliphatic heterocycles. The topological polar surface area (TPSA) is 71.0 Å². The SMILES string of the molecule is CCC(CO)(CO)NC1CCOC2(CCOC2)C1. The van der Waals surface area contributed by atoms with E-state index in [2.05, 4.69) is 5.32 Å². The van der Waals surface area contributed by atoms with E-state index in [0.29, 0.717) is 13.0 Å². The highest BCUT2D eigenvalue weighted by molar-refractivity contribution is 4.97. The molecule has 3 N–H and O–H groups in total. The highest BCUT2D eigenvalue weighted by Crippen LogP contribution is 2.33. The third-order valence-corrected chi connectivity index (χ3v) is 4.35. The van der Waals surface area contributed by atoms with Gasteiger partial charge in [-0.3, -0.25) is 0 Å². The Morgan fingerprint density at radius 2 is 2.11 bits per heavy atom. The Kier molecular flexibility index (Phi) is 4.61. The van der Waals surface area contributed by atoms with Gasteiger partial charge in [0, 0.05) is 25.7 Å². The van der Waals surface area contributed by atoms with Gasteiger partial charge in [0.1, 0.15) is 0 Å². The van der Waals surface area contributed by atoms with Gasteiger partial charge in [-0.2, -0.15) is 0 Å². The molecule has 2 unspecified atom stereocenters. The van der Waals surface area contributed by atoms with Crippen LogP contribution in [0.3, 0.4) is 0 Å². The number of nitrogens with one attached hydrogen (secondary N) is 1. The number of ether oxygens (including phenoxy) is 2. The Morgan fingerprint density at radius 1 is 1.33 bits per heavy atom. The monoisotopic (exact) mass is 259 g/mol. The highest BCUT2D eigenvalue weighted by atomic mass is 16.6. The van der Waals surface area contributed by atoms with Crippen molar-refractivity contribution in [3.8, 4) is 0 Å². The van der Waals surface area contributed by atoms with Gasteiger partial charge in [0.25, 0.3) is 0 Å². The van der Waals surface area contributed by atoms with Gasteiger partial charge in [-0.15, -0.1) is 0 Å².